The third-order valence-corrected chi connectivity index (χ3v) is 4.77. The second kappa shape index (κ2) is 7.08. The van der Waals surface area contributed by atoms with E-state index in [0.29, 0.717) is 39.5 Å². The molecule has 0 bridgehead atoms. The van der Waals surface area contributed by atoms with Gasteiger partial charge in [0.2, 0.25) is 0 Å². The standard InChI is InChI=1S/C19H15N3O4S/c1-2-25-16-8-12(5-6-14(16)23)9-21-22-11-20-18-17(19(22)24)13(10-27-18)15-4-3-7-26-15/h3-11,23H,2H2,1H3/b21-9+. The highest BCUT2D eigenvalue weighted by molar-refractivity contribution is 7.17. The summed E-state index contributed by atoms with van der Waals surface area (Å²) in [4.78, 5) is 17.8. The van der Waals surface area contributed by atoms with Crippen molar-refractivity contribution in [2.24, 2.45) is 5.10 Å². The van der Waals surface area contributed by atoms with E-state index in [4.69, 9.17) is 9.15 Å². The Hall–Kier alpha value is -3.39. The summed E-state index contributed by atoms with van der Waals surface area (Å²) in [6.07, 6.45) is 4.45. The van der Waals surface area contributed by atoms with Crippen LogP contribution < -0.4 is 10.3 Å². The minimum absolute atomic E-state index is 0.0515. The van der Waals surface area contributed by atoms with Gasteiger partial charge in [-0.25, -0.2) is 4.98 Å². The van der Waals surface area contributed by atoms with Gasteiger partial charge in [0.1, 0.15) is 16.9 Å². The number of aromatic nitrogens is 2. The van der Waals surface area contributed by atoms with Crippen LogP contribution in [0.2, 0.25) is 0 Å². The largest absolute Gasteiger partial charge is 0.504 e. The van der Waals surface area contributed by atoms with Crippen molar-refractivity contribution in [3.8, 4) is 22.8 Å². The van der Waals surface area contributed by atoms with Crippen molar-refractivity contribution in [1.82, 2.24) is 9.66 Å². The molecule has 4 rings (SSSR count). The molecule has 0 aliphatic carbocycles. The number of aromatic hydroxyl groups is 1. The molecule has 1 aromatic carbocycles. The smallest absolute Gasteiger partial charge is 0.283 e. The maximum absolute atomic E-state index is 12.9. The number of ether oxygens (including phenoxy) is 1. The first-order chi connectivity index (χ1) is 13.2. The lowest BCUT2D eigenvalue weighted by Crippen LogP contribution is -2.16. The number of rotatable bonds is 5. The van der Waals surface area contributed by atoms with Crippen molar-refractivity contribution in [2.45, 2.75) is 6.92 Å². The lowest BCUT2D eigenvalue weighted by Gasteiger charge is -2.06. The van der Waals surface area contributed by atoms with E-state index in [9.17, 15) is 9.90 Å². The molecule has 1 N–H and O–H groups in total. The van der Waals surface area contributed by atoms with E-state index < -0.39 is 0 Å². The van der Waals surface area contributed by atoms with Crippen molar-refractivity contribution in [1.29, 1.82) is 0 Å². The molecular weight excluding hydrogens is 366 g/mol. The number of nitrogens with zero attached hydrogens (tertiary/aromatic N) is 3. The fourth-order valence-corrected chi connectivity index (χ4v) is 3.52. The quantitative estimate of drug-likeness (QED) is 0.532. The second-order valence-corrected chi connectivity index (χ2v) is 6.46. The molecule has 0 aliphatic heterocycles. The van der Waals surface area contributed by atoms with E-state index >= 15 is 0 Å². The summed E-state index contributed by atoms with van der Waals surface area (Å²) in [6, 6.07) is 8.42. The highest BCUT2D eigenvalue weighted by Gasteiger charge is 2.14. The Morgan fingerprint density at radius 3 is 3.07 bits per heavy atom. The SMILES string of the molecule is CCOc1cc(/C=N/n2cnc3scc(-c4ccco4)c3c2=O)ccc1O. The number of phenolic OH excluding ortho intramolecular Hbond substituents is 1. The number of phenols is 1. The van der Waals surface area contributed by atoms with Gasteiger partial charge >= 0.3 is 0 Å². The van der Waals surface area contributed by atoms with Crippen molar-refractivity contribution < 1.29 is 14.3 Å². The number of hydrogen-bond donors (Lipinski definition) is 1. The Labute approximate surface area is 157 Å². The molecule has 0 atom stereocenters. The summed E-state index contributed by atoms with van der Waals surface area (Å²) in [7, 11) is 0. The summed E-state index contributed by atoms with van der Waals surface area (Å²) >= 11 is 1.38. The monoisotopic (exact) mass is 381 g/mol. The van der Waals surface area contributed by atoms with Gasteiger partial charge in [-0.1, -0.05) is 0 Å². The second-order valence-electron chi connectivity index (χ2n) is 5.61. The third-order valence-electron chi connectivity index (χ3n) is 3.88. The van der Waals surface area contributed by atoms with Gasteiger partial charge in [-0.3, -0.25) is 4.79 Å². The first kappa shape index (κ1) is 17.0. The van der Waals surface area contributed by atoms with Gasteiger partial charge in [-0.2, -0.15) is 9.78 Å². The van der Waals surface area contributed by atoms with Crippen LogP contribution in [0.15, 0.2) is 62.6 Å². The summed E-state index contributed by atoms with van der Waals surface area (Å²) < 4.78 is 11.9. The number of thiophene rings is 1. The molecule has 4 aromatic rings. The lowest BCUT2D eigenvalue weighted by atomic mass is 10.2. The minimum Gasteiger partial charge on any atom is -0.504 e. The van der Waals surface area contributed by atoms with E-state index in [0.717, 1.165) is 0 Å². The van der Waals surface area contributed by atoms with Crippen LogP contribution in [0.4, 0.5) is 0 Å². The lowest BCUT2D eigenvalue weighted by molar-refractivity contribution is 0.318. The van der Waals surface area contributed by atoms with Crippen LogP contribution in [-0.4, -0.2) is 27.6 Å². The van der Waals surface area contributed by atoms with Crippen LogP contribution in [0.5, 0.6) is 11.5 Å². The van der Waals surface area contributed by atoms with Gasteiger partial charge in [0.05, 0.1) is 24.5 Å². The topological polar surface area (TPSA) is 89.9 Å². The number of furan rings is 1. The molecule has 3 heterocycles. The average molecular weight is 381 g/mol. The predicted octanol–water partition coefficient (Wildman–Crippen LogP) is 3.70. The van der Waals surface area contributed by atoms with Gasteiger partial charge in [-0.05, 0) is 42.8 Å². The molecular formula is C19H15N3O4S. The molecule has 3 aromatic heterocycles. The van der Waals surface area contributed by atoms with Crippen molar-refractivity contribution in [2.75, 3.05) is 6.61 Å². The molecule has 0 fully saturated rings. The van der Waals surface area contributed by atoms with E-state index in [2.05, 4.69) is 10.1 Å². The van der Waals surface area contributed by atoms with Crippen LogP contribution in [0.25, 0.3) is 21.5 Å². The van der Waals surface area contributed by atoms with Crippen LogP contribution in [-0.2, 0) is 0 Å². The van der Waals surface area contributed by atoms with Gasteiger partial charge in [0.25, 0.3) is 5.56 Å². The van der Waals surface area contributed by atoms with Crippen LogP contribution in [0.1, 0.15) is 12.5 Å². The maximum Gasteiger partial charge on any atom is 0.283 e. The van der Waals surface area contributed by atoms with E-state index in [1.807, 2.05) is 12.3 Å². The Balaban J connectivity index is 1.74. The maximum atomic E-state index is 12.9. The number of benzene rings is 1. The Kier molecular flexibility index (Phi) is 4.47. The molecule has 0 saturated carbocycles. The molecule has 0 saturated heterocycles. The fraction of sp³-hybridized carbons (Fsp3) is 0.105. The zero-order valence-electron chi connectivity index (χ0n) is 14.3. The summed E-state index contributed by atoms with van der Waals surface area (Å²) in [5.41, 5.74) is 1.10. The molecule has 8 heteroatoms. The van der Waals surface area contributed by atoms with E-state index in [-0.39, 0.29) is 11.3 Å². The summed E-state index contributed by atoms with van der Waals surface area (Å²) in [5, 5.41) is 16.3. The van der Waals surface area contributed by atoms with Crippen molar-refractivity contribution in [3.05, 3.63) is 64.2 Å². The van der Waals surface area contributed by atoms with E-state index in [1.165, 1.54) is 34.6 Å². The molecule has 0 radical (unpaired) electrons. The molecule has 0 spiro atoms. The molecule has 136 valence electrons. The van der Waals surface area contributed by atoms with Gasteiger partial charge < -0.3 is 14.3 Å². The summed E-state index contributed by atoms with van der Waals surface area (Å²) in [5.74, 6) is 1.03. The third kappa shape index (κ3) is 3.22. The number of fused-ring (bicyclic) bond motifs is 1. The zero-order valence-corrected chi connectivity index (χ0v) is 15.1. The Morgan fingerprint density at radius 1 is 1.41 bits per heavy atom. The van der Waals surface area contributed by atoms with Crippen LogP contribution in [0, 0.1) is 0 Å². The average Bonchev–Trinajstić information content (AvgIpc) is 3.33. The van der Waals surface area contributed by atoms with Gasteiger partial charge in [0, 0.05) is 10.9 Å². The highest BCUT2D eigenvalue weighted by atomic mass is 32.1. The highest BCUT2D eigenvalue weighted by Crippen LogP contribution is 2.30. The zero-order chi connectivity index (χ0) is 18.8. The first-order valence-corrected chi connectivity index (χ1v) is 9.08. The van der Waals surface area contributed by atoms with Gasteiger partial charge in [-0.15, -0.1) is 11.3 Å². The Morgan fingerprint density at radius 2 is 2.30 bits per heavy atom. The first-order valence-electron chi connectivity index (χ1n) is 8.20. The summed E-state index contributed by atoms with van der Waals surface area (Å²) in [6.45, 7) is 2.26. The fourth-order valence-electron chi connectivity index (χ4n) is 2.63. The Bertz CT molecular complexity index is 1180. The van der Waals surface area contributed by atoms with Crippen LogP contribution in [0.3, 0.4) is 0 Å². The molecule has 27 heavy (non-hydrogen) atoms. The molecule has 0 unspecified atom stereocenters. The van der Waals surface area contributed by atoms with Crippen molar-refractivity contribution in [3.63, 3.8) is 0 Å². The van der Waals surface area contributed by atoms with E-state index in [1.54, 1.807) is 30.5 Å². The van der Waals surface area contributed by atoms with Crippen molar-refractivity contribution >= 4 is 27.8 Å². The molecule has 7 nitrogen and oxygen atoms in total. The van der Waals surface area contributed by atoms with Crippen LogP contribution >= 0.6 is 11.3 Å². The number of hydrogen-bond acceptors (Lipinski definition) is 7. The molecule has 0 aliphatic rings. The predicted molar refractivity (Wildman–Crippen MR) is 104 cm³/mol. The normalized spacial score (nSPS) is 11.4. The van der Waals surface area contributed by atoms with Gasteiger partial charge in [0.15, 0.2) is 11.5 Å². The minimum atomic E-state index is -0.285. The molecule has 0 amide bonds.